The van der Waals surface area contributed by atoms with E-state index in [4.69, 9.17) is 22.4 Å². The van der Waals surface area contributed by atoms with Crippen LogP contribution in [0.3, 0.4) is 0 Å². The Labute approximate surface area is 127 Å². The number of aromatic carboxylic acids is 1. The van der Waals surface area contributed by atoms with Gasteiger partial charge in [0.05, 0.1) is 16.2 Å². The fraction of sp³-hybridized carbons (Fsp3) is 0. The van der Waals surface area contributed by atoms with Crippen molar-refractivity contribution in [3.05, 3.63) is 46.7 Å². The van der Waals surface area contributed by atoms with Crippen molar-refractivity contribution in [3.8, 4) is 11.3 Å². The summed E-state index contributed by atoms with van der Waals surface area (Å²) >= 11 is 5.66. The molecule has 0 amide bonds. The molecule has 0 unspecified atom stereocenters. The van der Waals surface area contributed by atoms with E-state index in [0.717, 1.165) is 0 Å². The van der Waals surface area contributed by atoms with E-state index < -0.39 is 39.7 Å². The highest BCUT2D eigenvalue weighted by Crippen LogP contribution is 2.34. The second-order valence-corrected chi connectivity index (χ2v) is 4.90. The third kappa shape index (κ3) is 1.98. The van der Waals surface area contributed by atoms with Gasteiger partial charge in [0.25, 0.3) is 0 Å². The lowest BCUT2D eigenvalue weighted by atomic mass is 10.1. The predicted molar refractivity (Wildman–Crippen MR) is 77.8 cm³/mol. The zero-order valence-corrected chi connectivity index (χ0v) is 11.6. The Balaban J connectivity index is 2.35. The number of carboxylic acids is 1. The molecule has 0 radical (unpaired) electrons. The van der Waals surface area contributed by atoms with Gasteiger partial charge in [0.15, 0.2) is 17.3 Å². The summed E-state index contributed by atoms with van der Waals surface area (Å²) in [6.07, 6.45) is 1.53. The van der Waals surface area contributed by atoms with E-state index in [-0.39, 0.29) is 11.1 Å². The molecular formula is C14H8ClF2N3O2. The summed E-state index contributed by atoms with van der Waals surface area (Å²) in [5, 5.41) is 9.10. The Kier molecular flexibility index (Phi) is 3.22. The number of H-pyrrole nitrogens is 1. The first-order valence-electron chi connectivity index (χ1n) is 6.05. The molecule has 2 aromatic heterocycles. The van der Waals surface area contributed by atoms with Crippen LogP contribution in [0.2, 0.25) is 5.02 Å². The van der Waals surface area contributed by atoms with Crippen LogP contribution >= 0.6 is 11.6 Å². The van der Waals surface area contributed by atoms with E-state index in [1.165, 1.54) is 12.3 Å². The minimum atomic E-state index is -1.49. The Morgan fingerprint density at radius 1 is 1.27 bits per heavy atom. The molecule has 0 aliphatic carbocycles. The van der Waals surface area contributed by atoms with Crippen LogP contribution in [0, 0.1) is 11.6 Å². The van der Waals surface area contributed by atoms with Crippen LogP contribution in [0.1, 0.15) is 10.5 Å². The van der Waals surface area contributed by atoms with Crippen molar-refractivity contribution in [1.29, 1.82) is 0 Å². The molecule has 0 spiro atoms. The lowest BCUT2D eigenvalue weighted by molar-refractivity contribution is 0.0691. The highest BCUT2D eigenvalue weighted by molar-refractivity contribution is 6.35. The van der Waals surface area contributed by atoms with Crippen LogP contribution in [-0.2, 0) is 0 Å². The number of benzene rings is 1. The standard InChI is InChI=1S/C14H8ClF2N3O2/c15-7-10(18)9(17)12(20-13(7)14(21)22)6-2-1-5-3-4-19-11(5)8(6)16/h1-4,19H,(H2,18,20)(H,21,22). The molecule has 2 heterocycles. The van der Waals surface area contributed by atoms with Gasteiger partial charge >= 0.3 is 5.97 Å². The Bertz CT molecular complexity index is 924. The van der Waals surface area contributed by atoms with Crippen LogP contribution in [0.5, 0.6) is 0 Å². The van der Waals surface area contributed by atoms with Crippen molar-refractivity contribution in [1.82, 2.24) is 9.97 Å². The second-order valence-electron chi connectivity index (χ2n) is 4.52. The van der Waals surface area contributed by atoms with E-state index in [2.05, 4.69) is 9.97 Å². The number of pyridine rings is 1. The predicted octanol–water partition coefficient (Wildman–Crippen LogP) is 3.44. The zero-order chi connectivity index (χ0) is 16.0. The molecule has 8 heteroatoms. The zero-order valence-electron chi connectivity index (χ0n) is 10.8. The maximum atomic E-state index is 14.5. The molecular weight excluding hydrogens is 316 g/mol. The first kappa shape index (κ1) is 14.3. The topological polar surface area (TPSA) is 92.0 Å². The number of aromatic nitrogens is 2. The van der Waals surface area contributed by atoms with Crippen LogP contribution in [0.15, 0.2) is 24.4 Å². The average Bonchev–Trinajstić information content (AvgIpc) is 2.95. The van der Waals surface area contributed by atoms with Gasteiger partial charge in [-0.1, -0.05) is 17.7 Å². The van der Waals surface area contributed by atoms with Crippen molar-refractivity contribution in [2.24, 2.45) is 0 Å². The van der Waals surface area contributed by atoms with Crippen molar-refractivity contribution in [2.75, 3.05) is 5.73 Å². The lowest BCUT2D eigenvalue weighted by Gasteiger charge is -2.10. The first-order chi connectivity index (χ1) is 10.4. The van der Waals surface area contributed by atoms with Crippen LogP contribution in [0.25, 0.3) is 22.2 Å². The summed E-state index contributed by atoms with van der Waals surface area (Å²) in [6.45, 7) is 0. The van der Waals surface area contributed by atoms with Crippen molar-refractivity contribution in [2.45, 2.75) is 0 Å². The molecule has 0 bridgehead atoms. The molecule has 0 saturated carbocycles. The minimum Gasteiger partial charge on any atom is -0.476 e. The van der Waals surface area contributed by atoms with E-state index in [1.807, 2.05) is 0 Å². The third-order valence-corrected chi connectivity index (χ3v) is 3.62. The SMILES string of the molecule is Nc1c(F)c(-c2ccc3cc[nH]c3c2F)nc(C(=O)O)c1Cl. The minimum absolute atomic E-state index is 0.157. The summed E-state index contributed by atoms with van der Waals surface area (Å²) in [5.74, 6) is -3.31. The quantitative estimate of drug-likeness (QED) is 0.673. The van der Waals surface area contributed by atoms with Crippen LogP contribution < -0.4 is 5.73 Å². The van der Waals surface area contributed by atoms with Crippen molar-refractivity contribution in [3.63, 3.8) is 0 Å². The molecule has 3 aromatic rings. The summed E-state index contributed by atoms with van der Waals surface area (Å²) in [7, 11) is 0. The lowest BCUT2D eigenvalue weighted by Crippen LogP contribution is -2.08. The molecule has 3 rings (SSSR count). The third-order valence-electron chi connectivity index (χ3n) is 3.23. The average molecular weight is 324 g/mol. The van der Waals surface area contributed by atoms with Gasteiger partial charge in [-0.05, 0) is 12.1 Å². The second kappa shape index (κ2) is 4.96. The number of anilines is 1. The number of fused-ring (bicyclic) bond motifs is 1. The van der Waals surface area contributed by atoms with Gasteiger partial charge in [-0.25, -0.2) is 18.6 Å². The number of nitrogen functional groups attached to an aromatic ring is 1. The first-order valence-corrected chi connectivity index (χ1v) is 6.43. The molecule has 0 saturated heterocycles. The monoisotopic (exact) mass is 323 g/mol. The van der Waals surface area contributed by atoms with Gasteiger partial charge < -0.3 is 15.8 Å². The maximum Gasteiger partial charge on any atom is 0.356 e. The highest BCUT2D eigenvalue weighted by Gasteiger charge is 2.24. The number of carbonyl (C=O) groups is 1. The fourth-order valence-electron chi connectivity index (χ4n) is 2.16. The Morgan fingerprint density at radius 3 is 2.68 bits per heavy atom. The normalized spacial score (nSPS) is 11.0. The number of aromatic amines is 1. The number of rotatable bonds is 2. The highest BCUT2D eigenvalue weighted by atomic mass is 35.5. The fourth-order valence-corrected chi connectivity index (χ4v) is 2.36. The molecule has 4 N–H and O–H groups in total. The van der Waals surface area contributed by atoms with E-state index in [9.17, 15) is 13.6 Å². The number of nitrogens with one attached hydrogen (secondary N) is 1. The molecule has 0 aliphatic rings. The van der Waals surface area contributed by atoms with Gasteiger partial charge in [0.1, 0.15) is 5.69 Å². The summed E-state index contributed by atoms with van der Waals surface area (Å²) in [5.41, 5.74) is 3.68. The van der Waals surface area contributed by atoms with Gasteiger partial charge in [-0.3, -0.25) is 0 Å². The number of carboxylic acid groups (broad SMARTS) is 1. The molecule has 22 heavy (non-hydrogen) atoms. The Morgan fingerprint density at radius 2 is 2.00 bits per heavy atom. The summed E-state index contributed by atoms with van der Waals surface area (Å²) < 4.78 is 28.7. The molecule has 0 fully saturated rings. The molecule has 1 aromatic carbocycles. The van der Waals surface area contributed by atoms with E-state index >= 15 is 0 Å². The summed E-state index contributed by atoms with van der Waals surface area (Å²) in [4.78, 5) is 17.4. The van der Waals surface area contributed by atoms with Crippen LogP contribution in [0.4, 0.5) is 14.5 Å². The number of halogens is 3. The summed E-state index contributed by atoms with van der Waals surface area (Å²) in [6, 6.07) is 4.50. The van der Waals surface area contributed by atoms with Crippen LogP contribution in [-0.4, -0.2) is 21.0 Å². The Hall–Kier alpha value is -2.67. The number of nitrogens with two attached hydrogens (primary N) is 1. The van der Waals surface area contributed by atoms with E-state index in [1.54, 1.807) is 12.1 Å². The van der Waals surface area contributed by atoms with Gasteiger partial charge in [-0.2, -0.15) is 0 Å². The van der Waals surface area contributed by atoms with Crippen molar-refractivity contribution >= 4 is 34.2 Å². The number of hydrogen-bond acceptors (Lipinski definition) is 3. The van der Waals surface area contributed by atoms with Crippen molar-refractivity contribution < 1.29 is 18.7 Å². The van der Waals surface area contributed by atoms with Gasteiger partial charge in [-0.15, -0.1) is 0 Å². The molecule has 0 atom stereocenters. The smallest absolute Gasteiger partial charge is 0.356 e. The van der Waals surface area contributed by atoms with Gasteiger partial charge in [0.2, 0.25) is 0 Å². The molecule has 5 nitrogen and oxygen atoms in total. The molecule has 112 valence electrons. The van der Waals surface area contributed by atoms with E-state index in [0.29, 0.717) is 5.39 Å². The van der Waals surface area contributed by atoms with Gasteiger partial charge in [0, 0.05) is 17.1 Å². The maximum absolute atomic E-state index is 14.5. The number of nitrogens with zero attached hydrogens (tertiary/aromatic N) is 1. The largest absolute Gasteiger partial charge is 0.476 e. The number of hydrogen-bond donors (Lipinski definition) is 3. The molecule has 0 aliphatic heterocycles.